The monoisotopic (exact) mass is 186 g/mol. The number of carbonyl (C=O) groups excluding carboxylic acids is 3. The summed E-state index contributed by atoms with van der Waals surface area (Å²) in [7, 11) is 0. The lowest BCUT2D eigenvalue weighted by atomic mass is 10.4. The van der Waals surface area contributed by atoms with E-state index < -0.39 is 11.9 Å². The molecule has 72 valence electrons. The van der Waals surface area contributed by atoms with E-state index in [9.17, 15) is 14.4 Å². The number of esters is 2. The highest BCUT2D eigenvalue weighted by Gasteiger charge is 2.08. The third-order valence-corrected chi connectivity index (χ3v) is 1.00. The highest BCUT2D eigenvalue weighted by molar-refractivity contribution is 5.79. The summed E-state index contributed by atoms with van der Waals surface area (Å²) in [6, 6.07) is 0. The minimum absolute atomic E-state index is 0.0299. The summed E-state index contributed by atoms with van der Waals surface area (Å²) >= 11 is 0. The second-order valence-electron chi connectivity index (χ2n) is 2.23. The summed E-state index contributed by atoms with van der Waals surface area (Å²) in [6.07, 6.45) is 0.305. The molecule has 0 aliphatic carbocycles. The Labute approximate surface area is 75.3 Å². The highest BCUT2D eigenvalue weighted by Crippen LogP contribution is 2.05. The molecule has 0 aromatic carbocycles. The number of carbonyl (C=O) groups is 3. The van der Waals surface area contributed by atoms with Crippen molar-refractivity contribution in [2.24, 2.45) is 0 Å². The Morgan fingerprint density at radius 2 is 1.46 bits per heavy atom. The second kappa shape index (κ2) is 5.08. The number of hydrogen-bond acceptors (Lipinski definition) is 5. The third kappa shape index (κ3) is 4.73. The van der Waals surface area contributed by atoms with Gasteiger partial charge in [-0.3, -0.25) is 14.4 Å². The van der Waals surface area contributed by atoms with Crippen molar-refractivity contribution in [1.29, 1.82) is 0 Å². The minimum Gasteiger partial charge on any atom is -0.427 e. The molecule has 0 unspecified atom stereocenters. The minimum atomic E-state index is -0.645. The van der Waals surface area contributed by atoms with Crippen LogP contribution in [0.3, 0.4) is 0 Å². The Morgan fingerprint density at radius 1 is 1.00 bits per heavy atom. The van der Waals surface area contributed by atoms with Gasteiger partial charge in [-0.15, -0.1) is 0 Å². The molecule has 0 heterocycles. The largest absolute Gasteiger partial charge is 0.427 e. The molecule has 0 aromatic heterocycles. The molecule has 0 rings (SSSR count). The quantitative estimate of drug-likeness (QED) is 0.278. The Balaban J connectivity index is 4.57. The van der Waals surface area contributed by atoms with E-state index in [1.165, 1.54) is 13.8 Å². The lowest BCUT2D eigenvalue weighted by Crippen LogP contribution is -2.06. The molecule has 13 heavy (non-hydrogen) atoms. The average Bonchev–Trinajstić information content (AvgIpc) is 1.98. The van der Waals surface area contributed by atoms with Crippen LogP contribution >= 0.6 is 0 Å². The van der Waals surface area contributed by atoms with Gasteiger partial charge in [-0.25, -0.2) is 0 Å². The van der Waals surface area contributed by atoms with Crippen LogP contribution in [0.15, 0.2) is 11.5 Å². The maximum absolute atomic E-state index is 10.4. The van der Waals surface area contributed by atoms with Crippen LogP contribution in [0.4, 0.5) is 0 Å². The van der Waals surface area contributed by atoms with Crippen molar-refractivity contribution in [1.82, 2.24) is 0 Å². The van der Waals surface area contributed by atoms with Crippen LogP contribution in [-0.2, 0) is 23.9 Å². The Hall–Kier alpha value is -1.65. The van der Waals surface area contributed by atoms with Gasteiger partial charge in [-0.05, 0) is 6.92 Å². The SMILES string of the molecule is CC(=O)OC(C)=C(C=O)OC(C)=O. The van der Waals surface area contributed by atoms with E-state index in [1.807, 2.05) is 0 Å². The molecule has 5 heteroatoms. The molecule has 0 fully saturated rings. The van der Waals surface area contributed by atoms with Gasteiger partial charge >= 0.3 is 11.9 Å². The van der Waals surface area contributed by atoms with E-state index in [2.05, 4.69) is 9.47 Å². The van der Waals surface area contributed by atoms with Crippen molar-refractivity contribution in [3.63, 3.8) is 0 Å². The zero-order valence-electron chi connectivity index (χ0n) is 7.62. The predicted octanol–water partition coefficient (Wildman–Crippen LogP) is 0.543. The fourth-order valence-electron chi connectivity index (χ4n) is 0.600. The summed E-state index contributed by atoms with van der Waals surface area (Å²) in [5, 5.41) is 0. The van der Waals surface area contributed by atoms with Crippen molar-refractivity contribution in [2.45, 2.75) is 20.8 Å². The number of aldehydes is 1. The van der Waals surface area contributed by atoms with E-state index >= 15 is 0 Å². The van der Waals surface area contributed by atoms with Gasteiger partial charge in [0.1, 0.15) is 0 Å². The van der Waals surface area contributed by atoms with Gasteiger partial charge in [-0.2, -0.15) is 0 Å². The van der Waals surface area contributed by atoms with Crippen LogP contribution in [0.5, 0.6) is 0 Å². The van der Waals surface area contributed by atoms with Crippen LogP contribution in [0.1, 0.15) is 20.8 Å². The average molecular weight is 186 g/mol. The summed E-state index contributed by atoms with van der Waals surface area (Å²) in [5.41, 5.74) is 0. The lowest BCUT2D eigenvalue weighted by molar-refractivity contribution is -0.142. The normalized spacial score (nSPS) is 11.3. The molecule has 0 aliphatic rings. The van der Waals surface area contributed by atoms with Crippen molar-refractivity contribution in [3.05, 3.63) is 11.5 Å². The maximum atomic E-state index is 10.4. The Morgan fingerprint density at radius 3 is 1.77 bits per heavy atom. The number of hydrogen-bond donors (Lipinski definition) is 0. The number of ether oxygens (including phenoxy) is 2. The van der Waals surface area contributed by atoms with E-state index in [0.717, 1.165) is 6.92 Å². The maximum Gasteiger partial charge on any atom is 0.308 e. The smallest absolute Gasteiger partial charge is 0.308 e. The molecule has 0 N–H and O–H groups in total. The van der Waals surface area contributed by atoms with Gasteiger partial charge in [0.05, 0.1) is 0 Å². The van der Waals surface area contributed by atoms with Crippen molar-refractivity contribution < 1.29 is 23.9 Å². The van der Waals surface area contributed by atoms with Gasteiger partial charge in [-0.1, -0.05) is 0 Å². The molecular formula is C8H10O5. The van der Waals surface area contributed by atoms with Crippen LogP contribution < -0.4 is 0 Å². The Kier molecular flexibility index (Phi) is 4.43. The third-order valence-electron chi connectivity index (χ3n) is 1.00. The fraction of sp³-hybridized carbons (Fsp3) is 0.375. The fourth-order valence-corrected chi connectivity index (χ4v) is 0.600. The van der Waals surface area contributed by atoms with Crippen molar-refractivity contribution >= 4 is 18.2 Å². The zero-order valence-corrected chi connectivity index (χ0v) is 7.62. The molecule has 0 amide bonds. The molecular weight excluding hydrogens is 176 g/mol. The van der Waals surface area contributed by atoms with E-state index in [1.54, 1.807) is 0 Å². The van der Waals surface area contributed by atoms with Gasteiger partial charge in [0.2, 0.25) is 5.76 Å². The molecule has 0 saturated heterocycles. The molecule has 0 aromatic rings. The topological polar surface area (TPSA) is 69.7 Å². The molecule has 0 bridgehead atoms. The van der Waals surface area contributed by atoms with E-state index in [4.69, 9.17) is 0 Å². The number of allylic oxidation sites excluding steroid dienone is 2. The van der Waals surface area contributed by atoms with E-state index in [-0.39, 0.29) is 11.5 Å². The first-order chi connectivity index (χ1) is 5.97. The molecule has 0 aliphatic heterocycles. The van der Waals surface area contributed by atoms with Crippen LogP contribution in [0, 0.1) is 0 Å². The first kappa shape index (κ1) is 11.4. The van der Waals surface area contributed by atoms with Gasteiger partial charge < -0.3 is 9.47 Å². The van der Waals surface area contributed by atoms with Gasteiger partial charge in [0.15, 0.2) is 12.0 Å². The second-order valence-corrected chi connectivity index (χ2v) is 2.23. The van der Waals surface area contributed by atoms with E-state index in [0.29, 0.717) is 6.29 Å². The molecule has 0 radical (unpaired) electrons. The van der Waals surface area contributed by atoms with Crippen LogP contribution in [0.25, 0.3) is 0 Å². The van der Waals surface area contributed by atoms with Gasteiger partial charge in [0, 0.05) is 13.8 Å². The first-order valence-corrected chi connectivity index (χ1v) is 3.50. The van der Waals surface area contributed by atoms with Crippen molar-refractivity contribution in [3.8, 4) is 0 Å². The molecule has 0 saturated carbocycles. The lowest BCUT2D eigenvalue weighted by Gasteiger charge is -2.04. The molecule has 5 nitrogen and oxygen atoms in total. The van der Waals surface area contributed by atoms with Gasteiger partial charge in [0.25, 0.3) is 0 Å². The first-order valence-electron chi connectivity index (χ1n) is 3.50. The number of rotatable bonds is 3. The summed E-state index contributed by atoms with van der Waals surface area (Å²) < 4.78 is 8.99. The predicted molar refractivity (Wildman–Crippen MR) is 42.3 cm³/mol. The van der Waals surface area contributed by atoms with Crippen molar-refractivity contribution in [2.75, 3.05) is 0 Å². The molecule has 0 spiro atoms. The Bertz CT molecular complexity index is 264. The zero-order chi connectivity index (χ0) is 10.4. The molecule has 0 atom stereocenters. The standard InChI is InChI=1S/C8H10O5/c1-5(12-6(2)10)8(4-9)13-7(3)11/h4H,1-3H3. The highest BCUT2D eigenvalue weighted by atomic mass is 16.6. The van der Waals surface area contributed by atoms with Crippen LogP contribution in [-0.4, -0.2) is 18.2 Å². The summed E-state index contributed by atoms with van der Waals surface area (Å²) in [5.74, 6) is -1.54. The van der Waals surface area contributed by atoms with Crippen LogP contribution in [0.2, 0.25) is 0 Å². The summed E-state index contributed by atoms with van der Waals surface area (Å²) in [4.78, 5) is 31.2. The summed E-state index contributed by atoms with van der Waals surface area (Å²) in [6.45, 7) is 3.68.